The highest BCUT2D eigenvalue weighted by molar-refractivity contribution is 6.64. The first-order valence-corrected chi connectivity index (χ1v) is 7.56. The lowest BCUT2D eigenvalue weighted by Crippen LogP contribution is -2.60. The van der Waals surface area contributed by atoms with Crippen molar-refractivity contribution in [2.45, 2.75) is 0 Å². The highest BCUT2D eigenvalue weighted by Gasteiger charge is 2.10. The number of fused-ring (bicyclic) bond motifs is 2. The van der Waals surface area contributed by atoms with Gasteiger partial charge >= 0.3 is 0 Å². The lowest BCUT2D eigenvalue weighted by molar-refractivity contribution is -0.631. The summed E-state index contributed by atoms with van der Waals surface area (Å²) in [6.45, 7) is 0. The van der Waals surface area contributed by atoms with E-state index >= 15 is 0 Å². The van der Waals surface area contributed by atoms with Gasteiger partial charge in [0.05, 0.1) is 0 Å². The van der Waals surface area contributed by atoms with Crippen molar-refractivity contribution in [2.24, 2.45) is 14.1 Å². The summed E-state index contributed by atoms with van der Waals surface area (Å²) >= 11 is 0. The fourth-order valence-corrected chi connectivity index (χ4v) is 2.86. The van der Waals surface area contributed by atoms with Crippen LogP contribution in [0.5, 0.6) is 0 Å². The van der Waals surface area contributed by atoms with E-state index in [2.05, 4.69) is 52.6 Å². The van der Waals surface area contributed by atoms with Crippen LogP contribution in [-0.4, -0.2) is 17.2 Å². The van der Waals surface area contributed by atoms with Crippen LogP contribution in [0, 0.1) is 0 Å². The van der Waals surface area contributed by atoms with Gasteiger partial charge in [-0.05, 0) is 23.3 Å². The number of benzene rings is 2. The summed E-state index contributed by atoms with van der Waals surface area (Å²) in [4.78, 5) is 9.10. The van der Waals surface area contributed by atoms with E-state index in [1.807, 2.05) is 48.8 Å². The van der Waals surface area contributed by atoms with Crippen LogP contribution in [0.15, 0.2) is 60.9 Å². The zero-order chi connectivity index (χ0) is 15.8. The normalized spacial score (nSPS) is 11.2. The van der Waals surface area contributed by atoms with E-state index in [0.29, 0.717) is 0 Å². The first-order valence-electron chi connectivity index (χ1n) is 7.56. The average Bonchev–Trinajstić information content (AvgIpc) is 2.60. The van der Waals surface area contributed by atoms with Crippen molar-refractivity contribution in [3.63, 3.8) is 0 Å². The first-order chi connectivity index (χ1) is 11.2. The maximum Gasteiger partial charge on any atom is 0.227 e. The summed E-state index contributed by atoms with van der Waals surface area (Å²) in [6, 6.07) is 16.3. The molecule has 4 nitrogen and oxygen atoms in total. The van der Waals surface area contributed by atoms with E-state index in [0.717, 1.165) is 33.3 Å². The molecule has 0 spiro atoms. The molecule has 0 atom stereocenters. The van der Waals surface area contributed by atoms with Gasteiger partial charge in [-0.25, -0.2) is 19.1 Å². The number of hydrogen-bond donors (Lipinski definition) is 0. The van der Waals surface area contributed by atoms with Crippen LogP contribution in [0.1, 0.15) is 0 Å². The number of rotatable bonds is 2. The van der Waals surface area contributed by atoms with Gasteiger partial charge in [-0.15, -0.1) is 0 Å². The summed E-state index contributed by atoms with van der Waals surface area (Å²) < 4.78 is 4.30. The third-order valence-electron chi connectivity index (χ3n) is 4.23. The molecule has 0 bridgehead atoms. The molecule has 4 rings (SSSR count). The number of aryl methyl sites for hydroxylation is 2. The third-order valence-corrected chi connectivity index (χ3v) is 4.23. The maximum absolute atomic E-state index is 4.55. The molecule has 0 aliphatic carbocycles. The topological polar surface area (TPSA) is 33.5 Å². The molecule has 5 heteroatoms. The molecular formula is C18H16BN4+. The molecule has 4 aromatic rings. The largest absolute Gasteiger partial charge is 0.248 e. The molecule has 0 aliphatic rings. The van der Waals surface area contributed by atoms with Crippen LogP contribution in [0.25, 0.3) is 22.1 Å². The summed E-state index contributed by atoms with van der Waals surface area (Å²) in [6.07, 6.45) is 3.80. The van der Waals surface area contributed by atoms with Crippen LogP contribution in [0.2, 0.25) is 0 Å². The van der Waals surface area contributed by atoms with Gasteiger partial charge in [-0.2, -0.15) is 0 Å². The van der Waals surface area contributed by atoms with E-state index in [1.165, 1.54) is 0 Å². The second-order valence-corrected chi connectivity index (χ2v) is 5.61. The summed E-state index contributed by atoms with van der Waals surface area (Å²) in [7, 11) is 6.23. The highest BCUT2D eigenvalue weighted by atomic mass is 15.0. The number of nitrogens with zero attached hydrogens (tertiary/aromatic N) is 4. The smallest absolute Gasteiger partial charge is 0.227 e. The van der Waals surface area contributed by atoms with E-state index < -0.39 is 0 Å². The van der Waals surface area contributed by atoms with Crippen LogP contribution < -0.4 is 20.3 Å². The van der Waals surface area contributed by atoms with E-state index in [-0.39, 0.29) is 0 Å². The van der Waals surface area contributed by atoms with E-state index in [4.69, 9.17) is 0 Å². The molecule has 23 heavy (non-hydrogen) atoms. The lowest BCUT2D eigenvalue weighted by Gasteiger charge is -2.13. The predicted molar refractivity (Wildman–Crippen MR) is 90.9 cm³/mol. The van der Waals surface area contributed by atoms with Gasteiger partial charge in [-0.1, -0.05) is 31.5 Å². The minimum atomic E-state index is 0.994. The van der Waals surface area contributed by atoms with Gasteiger partial charge in [0.2, 0.25) is 11.0 Å². The van der Waals surface area contributed by atoms with Crippen molar-refractivity contribution < 1.29 is 9.13 Å². The Labute approximate surface area is 135 Å². The Morgan fingerprint density at radius 2 is 1.13 bits per heavy atom. The number of para-hydroxylation sites is 4. The monoisotopic (exact) mass is 299 g/mol. The van der Waals surface area contributed by atoms with Gasteiger partial charge in [0, 0.05) is 24.5 Å². The van der Waals surface area contributed by atoms with Crippen molar-refractivity contribution in [1.82, 2.24) is 9.97 Å². The molecule has 0 N–H and O–H groups in total. The molecule has 0 saturated heterocycles. The Kier molecular flexibility index (Phi) is 3.26. The summed E-state index contributed by atoms with van der Waals surface area (Å²) in [5.74, 6) is 0. The molecule has 110 valence electrons. The second-order valence-electron chi connectivity index (χ2n) is 5.61. The number of aromatic nitrogens is 4. The molecule has 0 amide bonds. The fourth-order valence-electron chi connectivity index (χ4n) is 2.86. The molecule has 0 unspecified atom stereocenters. The molecule has 2 aromatic heterocycles. The average molecular weight is 299 g/mol. The zero-order valence-electron chi connectivity index (χ0n) is 13.1. The highest BCUT2D eigenvalue weighted by Crippen LogP contribution is 2.04. The minimum absolute atomic E-state index is 0.994. The molecule has 0 aliphatic heterocycles. The first kappa shape index (κ1) is 13.8. The zero-order valence-corrected chi connectivity index (χ0v) is 13.1. The van der Waals surface area contributed by atoms with Crippen molar-refractivity contribution in [3.05, 3.63) is 60.9 Å². The van der Waals surface area contributed by atoms with Crippen molar-refractivity contribution >= 4 is 40.5 Å². The van der Waals surface area contributed by atoms with E-state index in [1.54, 1.807) is 0 Å². The molecule has 0 saturated carbocycles. The molecule has 2 aromatic carbocycles. The summed E-state index contributed by atoms with van der Waals surface area (Å²) in [5, 5.41) is 0. The van der Waals surface area contributed by atoms with Gasteiger partial charge in [-0.3, -0.25) is 0 Å². The maximum atomic E-state index is 4.55. The van der Waals surface area contributed by atoms with Gasteiger partial charge < -0.3 is 0 Å². The Balaban J connectivity index is 1.82. The predicted octanol–water partition coefficient (Wildman–Crippen LogP) is 0.0870. The second kappa shape index (κ2) is 5.43. The fraction of sp³-hybridized carbons (Fsp3) is 0.111. The van der Waals surface area contributed by atoms with Crippen LogP contribution >= 0.6 is 0 Å². The van der Waals surface area contributed by atoms with Crippen LogP contribution in [-0.2, 0) is 14.1 Å². The molecule has 0 fully saturated rings. The standard InChI is InChI=1S/C18H16BN4/c1-22-15-9-5-3-7-13(15)20-11-17(22)19-18-12-21-14-8-4-6-10-16(14)23(18)2/h3-12H,1-2H3/q+1. The lowest BCUT2D eigenvalue weighted by atomic mass is 9.70. The Morgan fingerprint density at radius 1 is 0.696 bits per heavy atom. The van der Waals surface area contributed by atoms with Gasteiger partial charge in [0.15, 0.2) is 0 Å². The van der Waals surface area contributed by atoms with Gasteiger partial charge in [0.1, 0.15) is 25.1 Å². The summed E-state index contributed by atoms with van der Waals surface area (Å²) in [5.41, 5.74) is 6.28. The Morgan fingerprint density at radius 3 is 1.61 bits per heavy atom. The molecular weight excluding hydrogens is 283 g/mol. The molecule has 2 radical (unpaired) electrons. The SMILES string of the molecule is C[n+]1c([B-]c2cnc3ccccc3[n+]2C)cnc2ccccc21. The Bertz CT molecular complexity index is 947. The van der Waals surface area contributed by atoms with Crippen LogP contribution in [0.4, 0.5) is 0 Å². The number of hydrogen-bond acceptors (Lipinski definition) is 2. The van der Waals surface area contributed by atoms with Crippen molar-refractivity contribution in [1.29, 1.82) is 0 Å². The van der Waals surface area contributed by atoms with Crippen molar-refractivity contribution in [2.75, 3.05) is 0 Å². The third kappa shape index (κ3) is 2.34. The van der Waals surface area contributed by atoms with Gasteiger partial charge in [0.25, 0.3) is 0 Å². The quantitative estimate of drug-likeness (QED) is 0.388. The Hall–Kier alpha value is -2.82. The van der Waals surface area contributed by atoms with E-state index in [9.17, 15) is 0 Å². The van der Waals surface area contributed by atoms with Crippen molar-refractivity contribution in [3.8, 4) is 0 Å². The van der Waals surface area contributed by atoms with Crippen LogP contribution in [0.3, 0.4) is 0 Å². The molecule has 2 heterocycles. The minimum Gasteiger partial charge on any atom is -0.248 e.